The molecular weight excluding hydrogens is 207 g/mol. The van der Waals surface area contributed by atoms with E-state index in [1.165, 1.54) is 6.26 Å². The lowest BCUT2D eigenvalue weighted by Gasteiger charge is -1.88. The molecule has 0 aliphatic rings. The summed E-state index contributed by atoms with van der Waals surface area (Å²) >= 11 is 0. The van der Waals surface area contributed by atoms with E-state index in [1.54, 1.807) is 0 Å². The molecule has 2 nitrogen and oxygen atoms in total. The minimum Gasteiger partial charge on any atom is -0.262 e. The zero-order chi connectivity index (χ0) is 10.9. The van der Waals surface area contributed by atoms with Crippen molar-refractivity contribution in [2.75, 3.05) is 6.16 Å². The molecule has 0 aromatic heterocycles. The van der Waals surface area contributed by atoms with Gasteiger partial charge < -0.3 is 0 Å². The van der Waals surface area contributed by atoms with Gasteiger partial charge in [-0.15, -0.1) is 0 Å². The molecule has 1 rings (SSSR count). The lowest BCUT2D eigenvalue weighted by atomic mass is 10.2. The van der Waals surface area contributed by atoms with Crippen molar-refractivity contribution in [2.24, 2.45) is 0 Å². The minimum atomic E-state index is -1.52. The highest BCUT2D eigenvalue weighted by molar-refractivity contribution is 7.39. The highest BCUT2D eigenvalue weighted by Crippen LogP contribution is 2.24. The van der Waals surface area contributed by atoms with Gasteiger partial charge in [-0.25, -0.2) is 0 Å². The fourth-order valence-electron chi connectivity index (χ4n) is 1.08. The molecule has 1 aromatic rings. The Bertz CT molecular complexity index is 320. The number of rotatable bonds is 6. The first-order chi connectivity index (χ1) is 7.33. The molecule has 0 spiro atoms. The van der Waals surface area contributed by atoms with E-state index in [0.29, 0.717) is 6.16 Å². The highest BCUT2D eigenvalue weighted by atomic mass is 31.1. The molecule has 0 N–H and O–H groups in total. The predicted molar refractivity (Wildman–Crippen MR) is 63.9 cm³/mol. The summed E-state index contributed by atoms with van der Waals surface area (Å²) in [5, 5.41) is 0. The van der Waals surface area contributed by atoms with E-state index in [1.807, 2.05) is 36.4 Å². The van der Waals surface area contributed by atoms with Gasteiger partial charge in [-0.2, -0.15) is 0 Å². The number of unbranched alkanes of at least 4 members (excludes halogenated alkanes) is 1. The van der Waals surface area contributed by atoms with Crippen LogP contribution in [0.1, 0.15) is 25.3 Å². The Morgan fingerprint density at radius 3 is 2.73 bits per heavy atom. The van der Waals surface area contributed by atoms with Gasteiger partial charge >= 0.3 is 8.03 Å². The first-order valence-electron chi connectivity index (χ1n) is 5.16. The van der Waals surface area contributed by atoms with Crippen molar-refractivity contribution < 1.29 is 9.09 Å². The molecule has 1 aromatic carbocycles. The summed E-state index contributed by atoms with van der Waals surface area (Å²) in [6.45, 7) is 2.07. The van der Waals surface area contributed by atoms with Crippen LogP contribution in [0.2, 0.25) is 0 Å². The number of hydrogen-bond acceptors (Lipinski definition) is 2. The molecule has 0 bridgehead atoms. The van der Waals surface area contributed by atoms with Gasteiger partial charge in [0.15, 0.2) is 12.4 Å². The van der Waals surface area contributed by atoms with Crippen molar-refractivity contribution >= 4 is 14.1 Å². The Hall–Kier alpha value is -1.14. The van der Waals surface area contributed by atoms with Gasteiger partial charge in [0.1, 0.15) is 0 Å². The van der Waals surface area contributed by atoms with Crippen LogP contribution < -0.4 is 0 Å². The van der Waals surface area contributed by atoms with E-state index >= 15 is 0 Å². The Balaban J connectivity index is 2.31. The molecule has 0 fully saturated rings. The summed E-state index contributed by atoms with van der Waals surface area (Å²) in [6.07, 6.45) is 5.98. The molecule has 0 aliphatic carbocycles. The van der Waals surface area contributed by atoms with Crippen LogP contribution in [0.4, 0.5) is 0 Å². The topological polar surface area (TPSA) is 26.3 Å². The van der Waals surface area contributed by atoms with E-state index in [4.69, 9.17) is 4.52 Å². The fraction of sp³-hybridized carbons (Fsp3) is 0.333. The van der Waals surface area contributed by atoms with Gasteiger partial charge in [0.25, 0.3) is 0 Å². The Labute approximate surface area is 91.8 Å². The molecule has 1 atom stereocenters. The van der Waals surface area contributed by atoms with Crippen LogP contribution in [0.5, 0.6) is 0 Å². The van der Waals surface area contributed by atoms with E-state index in [-0.39, 0.29) is 0 Å². The zero-order valence-electron chi connectivity index (χ0n) is 8.93. The van der Waals surface area contributed by atoms with Gasteiger partial charge in [-0.05, 0) is 22.6 Å². The van der Waals surface area contributed by atoms with Crippen molar-refractivity contribution in [1.29, 1.82) is 0 Å². The lowest BCUT2D eigenvalue weighted by molar-refractivity contribution is 0.463. The molecule has 1 unspecified atom stereocenters. The third kappa shape index (κ3) is 5.34. The van der Waals surface area contributed by atoms with Gasteiger partial charge in [-0.3, -0.25) is 4.52 Å². The summed E-state index contributed by atoms with van der Waals surface area (Å²) in [6, 6.07) is 9.81. The summed E-state index contributed by atoms with van der Waals surface area (Å²) in [4.78, 5) is 0. The van der Waals surface area contributed by atoms with Gasteiger partial charge in [-0.1, -0.05) is 43.7 Å². The third-order valence-corrected chi connectivity index (χ3v) is 2.97. The zero-order valence-corrected chi connectivity index (χ0v) is 9.82. The Kier molecular flexibility index (Phi) is 5.72. The largest absolute Gasteiger partial charge is 0.555 e. The van der Waals surface area contributed by atoms with Gasteiger partial charge in [0.05, 0.1) is 0 Å². The summed E-state index contributed by atoms with van der Waals surface area (Å²) in [5.74, 6) is 0. The SMILES string of the molecule is CCCC[P+](=O)OC=Cc1ccccc1. The first kappa shape index (κ1) is 11.9. The van der Waals surface area contributed by atoms with Crippen LogP contribution in [0.25, 0.3) is 6.08 Å². The summed E-state index contributed by atoms with van der Waals surface area (Å²) in [5.41, 5.74) is 1.05. The second kappa shape index (κ2) is 7.19. The van der Waals surface area contributed by atoms with Crippen LogP contribution in [-0.4, -0.2) is 6.16 Å². The smallest absolute Gasteiger partial charge is 0.262 e. The first-order valence-corrected chi connectivity index (χ1v) is 6.52. The van der Waals surface area contributed by atoms with Crippen LogP contribution in [0, 0.1) is 0 Å². The number of hydrogen-bond donors (Lipinski definition) is 0. The monoisotopic (exact) mass is 223 g/mol. The molecule has 3 heteroatoms. The van der Waals surface area contributed by atoms with Crippen molar-refractivity contribution in [3.63, 3.8) is 0 Å². The van der Waals surface area contributed by atoms with E-state index in [9.17, 15) is 4.57 Å². The molecule has 0 aliphatic heterocycles. The van der Waals surface area contributed by atoms with Crippen molar-refractivity contribution in [3.8, 4) is 0 Å². The molecule has 0 radical (unpaired) electrons. The third-order valence-electron chi connectivity index (χ3n) is 1.93. The van der Waals surface area contributed by atoms with Crippen LogP contribution in [0.15, 0.2) is 36.6 Å². The quantitative estimate of drug-likeness (QED) is 0.533. The Morgan fingerprint density at radius 1 is 1.33 bits per heavy atom. The second-order valence-electron chi connectivity index (χ2n) is 3.23. The molecule has 0 saturated carbocycles. The van der Waals surface area contributed by atoms with Gasteiger partial charge in [0.2, 0.25) is 0 Å². The standard InChI is InChI=1S/C12H16O2P/c1-2-3-11-15(13)14-10-9-12-7-5-4-6-8-12/h4-10H,2-3,11H2,1H3/q+1. The van der Waals surface area contributed by atoms with E-state index in [2.05, 4.69) is 6.92 Å². The maximum absolute atomic E-state index is 11.3. The van der Waals surface area contributed by atoms with Crippen molar-refractivity contribution in [3.05, 3.63) is 42.2 Å². The minimum absolute atomic E-state index is 0.644. The maximum atomic E-state index is 11.3. The molecule has 15 heavy (non-hydrogen) atoms. The average Bonchev–Trinajstić information content (AvgIpc) is 2.28. The van der Waals surface area contributed by atoms with Crippen molar-refractivity contribution in [1.82, 2.24) is 0 Å². The molecule has 0 amide bonds. The molecule has 80 valence electrons. The van der Waals surface area contributed by atoms with Crippen LogP contribution in [0.3, 0.4) is 0 Å². The lowest BCUT2D eigenvalue weighted by Crippen LogP contribution is -1.78. The van der Waals surface area contributed by atoms with E-state index in [0.717, 1.165) is 18.4 Å². The Morgan fingerprint density at radius 2 is 2.07 bits per heavy atom. The molecule has 0 heterocycles. The normalized spacial score (nSPS) is 11.7. The van der Waals surface area contributed by atoms with Crippen molar-refractivity contribution in [2.45, 2.75) is 19.8 Å². The van der Waals surface area contributed by atoms with E-state index < -0.39 is 8.03 Å². The molecule has 0 saturated heterocycles. The van der Waals surface area contributed by atoms with Gasteiger partial charge in [0, 0.05) is 0 Å². The maximum Gasteiger partial charge on any atom is 0.555 e. The molecular formula is C12H16O2P+. The second-order valence-corrected chi connectivity index (χ2v) is 4.55. The fourth-order valence-corrected chi connectivity index (χ4v) is 1.96. The average molecular weight is 223 g/mol. The summed E-state index contributed by atoms with van der Waals surface area (Å²) in [7, 11) is -1.52. The number of benzene rings is 1. The summed E-state index contributed by atoms with van der Waals surface area (Å²) < 4.78 is 16.3. The predicted octanol–water partition coefficient (Wildman–Crippen LogP) is 4.22. The van der Waals surface area contributed by atoms with Crippen LogP contribution in [-0.2, 0) is 9.09 Å². The van der Waals surface area contributed by atoms with Crippen LogP contribution >= 0.6 is 8.03 Å². The highest BCUT2D eigenvalue weighted by Gasteiger charge is 2.13.